The molecule has 0 bridgehead atoms. The minimum absolute atomic E-state index is 0.0207. The average molecular weight is 261 g/mol. The summed E-state index contributed by atoms with van der Waals surface area (Å²) in [6, 6.07) is 1.99. The molecule has 0 spiro atoms. The van der Waals surface area contributed by atoms with E-state index < -0.39 is 11.9 Å². The Hall–Kier alpha value is -1.63. The van der Waals surface area contributed by atoms with Gasteiger partial charge in [-0.2, -0.15) is 13.2 Å². The summed E-state index contributed by atoms with van der Waals surface area (Å²) in [7, 11) is 0. The van der Waals surface area contributed by atoms with E-state index in [1.807, 2.05) is 6.92 Å². The second-order valence-corrected chi connectivity index (χ2v) is 4.02. The lowest BCUT2D eigenvalue weighted by Gasteiger charge is -2.10. The van der Waals surface area contributed by atoms with Crippen molar-refractivity contribution in [3.8, 4) is 0 Å². The van der Waals surface area contributed by atoms with Crippen LogP contribution in [-0.2, 0) is 11.0 Å². The molecule has 0 saturated carbocycles. The molecule has 1 aromatic rings. The number of pyridine rings is 1. The molecule has 0 radical (unpaired) electrons. The molecule has 1 amide bonds. The molecule has 1 rings (SSSR count). The number of carbonyl (C=O) groups is 1. The summed E-state index contributed by atoms with van der Waals surface area (Å²) in [6.07, 6.45) is -3.28. The number of anilines is 1. The molecule has 1 aromatic heterocycles. The van der Waals surface area contributed by atoms with Gasteiger partial charge in [0.2, 0.25) is 5.91 Å². The van der Waals surface area contributed by atoms with Gasteiger partial charge in [0.1, 0.15) is 5.69 Å². The minimum atomic E-state index is -4.48. The molecule has 1 heterocycles. The summed E-state index contributed by atoms with van der Waals surface area (Å²) in [5.74, 6) is -0.276. The molecule has 100 valence electrons. The van der Waals surface area contributed by atoms with Crippen molar-refractivity contribution < 1.29 is 18.0 Å². The highest BCUT2D eigenvalue weighted by Gasteiger charge is 2.32. The van der Waals surface area contributed by atoms with E-state index >= 15 is 0 Å². The highest BCUT2D eigenvalue weighted by atomic mass is 19.4. The molecule has 4 nitrogen and oxygen atoms in total. The predicted molar refractivity (Wildman–Crippen MR) is 60.7 cm³/mol. The number of alkyl halides is 3. The number of rotatable bonds is 4. The number of carbonyl (C=O) groups excluding carboxylic acids is 1. The molecule has 0 saturated heterocycles. The van der Waals surface area contributed by atoms with Crippen LogP contribution in [0.4, 0.5) is 18.9 Å². The number of hydrogen-bond acceptors (Lipinski definition) is 3. The first-order valence-electron chi connectivity index (χ1n) is 5.36. The molecule has 1 unspecified atom stereocenters. The number of halogens is 3. The van der Waals surface area contributed by atoms with Gasteiger partial charge in [-0.3, -0.25) is 4.79 Å². The van der Waals surface area contributed by atoms with Crippen molar-refractivity contribution in [3.63, 3.8) is 0 Å². The van der Waals surface area contributed by atoms with Gasteiger partial charge in [-0.15, -0.1) is 0 Å². The second kappa shape index (κ2) is 5.81. The smallest absolute Gasteiger partial charge is 0.330 e. The standard InChI is InChI=1S/C11H14F3N3O/c1-7(5-15)4-10(18)17-8-2-3-9(16-6-8)11(12,13)14/h2-3,6-7H,4-5,15H2,1H3,(H,17,18). The molecule has 7 heteroatoms. The fourth-order valence-corrected chi connectivity index (χ4v) is 1.25. The normalized spacial score (nSPS) is 13.2. The summed E-state index contributed by atoms with van der Waals surface area (Å²) in [6.45, 7) is 2.18. The molecular formula is C11H14F3N3O. The minimum Gasteiger partial charge on any atom is -0.330 e. The van der Waals surface area contributed by atoms with E-state index in [1.54, 1.807) is 0 Å². The van der Waals surface area contributed by atoms with E-state index in [0.29, 0.717) is 6.54 Å². The maximum atomic E-state index is 12.2. The molecule has 1 atom stereocenters. The zero-order chi connectivity index (χ0) is 13.8. The molecule has 0 aliphatic carbocycles. The quantitative estimate of drug-likeness (QED) is 0.871. The zero-order valence-electron chi connectivity index (χ0n) is 9.79. The van der Waals surface area contributed by atoms with Crippen LogP contribution < -0.4 is 11.1 Å². The largest absolute Gasteiger partial charge is 0.433 e. The van der Waals surface area contributed by atoms with Crippen LogP contribution >= 0.6 is 0 Å². The third kappa shape index (κ3) is 4.33. The van der Waals surface area contributed by atoms with Crippen molar-refractivity contribution in [2.75, 3.05) is 11.9 Å². The Morgan fingerprint density at radius 3 is 2.61 bits per heavy atom. The SMILES string of the molecule is CC(CN)CC(=O)Nc1ccc(C(F)(F)F)nc1. The van der Waals surface area contributed by atoms with Crippen molar-refractivity contribution in [1.82, 2.24) is 4.98 Å². The van der Waals surface area contributed by atoms with E-state index in [4.69, 9.17) is 5.73 Å². The summed E-state index contributed by atoms with van der Waals surface area (Å²) in [4.78, 5) is 14.7. The first-order chi connectivity index (χ1) is 8.32. The summed E-state index contributed by atoms with van der Waals surface area (Å²) in [5.41, 5.74) is 4.61. The Morgan fingerprint density at radius 1 is 1.50 bits per heavy atom. The van der Waals surface area contributed by atoms with Crippen LogP contribution in [0.25, 0.3) is 0 Å². The van der Waals surface area contributed by atoms with E-state index in [9.17, 15) is 18.0 Å². The topological polar surface area (TPSA) is 68.0 Å². The van der Waals surface area contributed by atoms with E-state index in [2.05, 4.69) is 10.3 Å². The number of nitrogens with two attached hydrogens (primary N) is 1. The Balaban J connectivity index is 2.61. The Morgan fingerprint density at radius 2 is 2.17 bits per heavy atom. The second-order valence-electron chi connectivity index (χ2n) is 4.02. The maximum absolute atomic E-state index is 12.2. The summed E-state index contributed by atoms with van der Waals surface area (Å²) in [5, 5.41) is 2.46. The van der Waals surface area contributed by atoms with E-state index in [0.717, 1.165) is 12.3 Å². The number of aromatic nitrogens is 1. The van der Waals surface area contributed by atoms with Crippen LogP contribution in [-0.4, -0.2) is 17.4 Å². The summed E-state index contributed by atoms with van der Waals surface area (Å²) < 4.78 is 36.7. The van der Waals surface area contributed by atoms with Gasteiger partial charge < -0.3 is 11.1 Å². The Kier molecular flexibility index (Phi) is 4.66. The van der Waals surface area contributed by atoms with Crippen molar-refractivity contribution in [3.05, 3.63) is 24.0 Å². The number of nitrogens with one attached hydrogen (secondary N) is 1. The molecule has 0 aliphatic rings. The number of amides is 1. The van der Waals surface area contributed by atoms with Crippen LogP contribution in [0.2, 0.25) is 0 Å². The van der Waals surface area contributed by atoms with Crippen molar-refractivity contribution in [2.45, 2.75) is 19.5 Å². The fourth-order valence-electron chi connectivity index (χ4n) is 1.25. The zero-order valence-corrected chi connectivity index (χ0v) is 9.79. The van der Waals surface area contributed by atoms with Crippen molar-refractivity contribution >= 4 is 11.6 Å². The van der Waals surface area contributed by atoms with Gasteiger partial charge in [-0.25, -0.2) is 4.98 Å². The first-order valence-corrected chi connectivity index (χ1v) is 5.36. The summed E-state index contributed by atoms with van der Waals surface area (Å²) >= 11 is 0. The third-order valence-electron chi connectivity index (χ3n) is 2.27. The van der Waals surface area contributed by atoms with Crippen molar-refractivity contribution in [2.24, 2.45) is 11.7 Å². The van der Waals surface area contributed by atoms with Crippen LogP contribution in [0.1, 0.15) is 19.0 Å². The van der Waals surface area contributed by atoms with Gasteiger partial charge in [-0.05, 0) is 24.6 Å². The molecule has 3 N–H and O–H groups in total. The average Bonchev–Trinajstić information content (AvgIpc) is 2.28. The van der Waals surface area contributed by atoms with Gasteiger partial charge in [-0.1, -0.05) is 6.92 Å². The highest BCUT2D eigenvalue weighted by Crippen LogP contribution is 2.27. The third-order valence-corrected chi connectivity index (χ3v) is 2.27. The van der Waals surface area contributed by atoms with Crippen LogP contribution in [0.5, 0.6) is 0 Å². The number of hydrogen-bond donors (Lipinski definition) is 2. The van der Waals surface area contributed by atoms with Gasteiger partial charge in [0.05, 0.1) is 11.9 Å². The maximum Gasteiger partial charge on any atom is 0.433 e. The first kappa shape index (κ1) is 14.4. The predicted octanol–water partition coefficient (Wildman–Crippen LogP) is 2.02. The van der Waals surface area contributed by atoms with Crippen molar-refractivity contribution in [1.29, 1.82) is 0 Å². The van der Waals surface area contributed by atoms with Gasteiger partial charge >= 0.3 is 6.18 Å². The lowest BCUT2D eigenvalue weighted by Crippen LogP contribution is -2.20. The van der Waals surface area contributed by atoms with Crippen LogP contribution in [0.3, 0.4) is 0 Å². The molecule has 18 heavy (non-hydrogen) atoms. The van der Waals surface area contributed by atoms with E-state index in [-0.39, 0.29) is 23.9 Å². The van der Waals surface area contributed by atoms with Gasteiger partial charge in [0.25, 0.3) is 0 Å². The fraction of sp³-hybridized carbons (Fsp3) is 0.455. The van der Waals surface area contributed by atoms with Crippen LogP contribution in [0.15, 0.2) is 18.3 Å². The van der Waals surface area contributed by atoms with Crippen LogP contribution in [0, 0.1) is 5.92 Å². The molecule has 0 fully saturated rings. The Bertz CT molecular complexity index is 403. The highest BCUT2D eigenvalue weighted by molar-refractivity contribution is 5.90. The number of nitrogens with zero attached hydrogens (tertiary/aromatic N) is 1. The van der Waals surface area contributed by atoms with Gasteiger partial charge in [0.15, 0.2) is 0 Å². The molecule has 0 aliphatic heterocycles. The Labute approximate surface area is 102 Å². The van der Waals surface area contributed by atoms with E-state index in [1.165, 1.54) is 6.07 Å². The molecular weight excluding hydrogens is 247 g/mol. The molecule has 0 aromatic carbocycles. The monoisotopic (exact) mass is 261 g/mol. The lowest BCUT2D eigenvalue weighted by atomic mass is 10.1. The van der Waals surface area contributed by atoms with Gasteiger partial charge in [0, 0.05) is 6.42 Å². The lowest BCUT2D eigenvalue weighted by molar-refractivity contribution is -0.141.